The molecule has 1 aromatic rings. The number of benzene rings is 1. The third kappa shape index (κ3) is 2.72. The zero-order chi connectivity index (χ0) is 12.1. The van der Waals surface area contributed by atoms with Gasteiger partial charge in [-0.05, 0) is 43.5 Å². The molecule has 0 amide bonds. The maximum absolute atomic E-state index is 11.7. The van der Waals surface area contributed by atoms with Gasteiger partial charge in [-0.15, -0.1) is 0 Å². The van der Waals surface area contributed by atoms with Crippen LogP contribution in [-0.2, 0) is 0 Å². The van der Waals surface area contributed by atoms with Gasteiger partial charge in [-0.1, -0.05) is 19.6 Å². The predicted octanol–water partition coefficient (Wildman–Crippen LogP) is 3.46. The fourth-order valence-corrected chi connectivity index (χ4v) is 1.64. The first-order valence-electron chi connectivity index (χ1n) is 5.51. The lowest BCUT2D eigenvalue weighted by atomic mass is 10.0. The zero-order valence-electron chi connectivity index (χ0n) is 10.2. The lowest BCUT2D eigenvalue weighted by Gasteiger charge is -2.13. The molecule has 0 fully saturated rings. The van der Waals surface area contributed by atoms with Crippen LogP contribution >= 0.6 is 0 Å². The van der Waals surface area contributed by atoms with Gasteiger partial charge in [0.25, 0.3) is 0 Å². The van der Waals surface area contributed by atoms with Gasteiger partial charge in [-0.2, -0.15) is 0 Å². The number of allylic oxidation sites excluding steroid dienone is 1. The van der Waals surface area contributed by atoms with Crippen LogP contribution in [0.4, 0.5) is 0 Å². The molecule has 0 bridgehead atoms. The van der Waals surface area contributed by atoms with Gasteiger partial charge in [-0.25, -0.2) is 0 Å². The highest BCUT2D eigenvalue weighted by atomic mass is 16.5. The SMILES string of the molecule is C=CC(=O)c1cc(C)cc(C)c1OCCC. The lowest BCUT2D eigenvalue weighted by Crippen LogP contribution is -2.05. The van der Waals surface area contributed by atoms with E-state index in [0.29, 0.717) is 17.9 Å². The second-order valence-electron chi connectivity index (χ2n) is 3.88. The van der Waals surface area contributed by atoms with Gasteiger partial charge in [0, 0.05) is 0 Å². The van der Waals surface area contributed by atoms with E-state index in [0.717, 1.165) is 17.5 Å². The Kier molecular flexibility index (Phi) is 4.29. The molecule has 1 rings (SSSR count). The van der Waals surface area contributed by atoms with Gasteiger partial charge in [0.2, 0.25) is 0 Å². The Hall–Kier alpha value is -1.57. The summed E-state index contributed by atoms with van der Waals surface area (Å²) in [6.45, 7) is 10.1. The molecule has 0 aliphatic heterocycles. The van der Waals surface area contributed by atoms with Crippen molar-refractivity contribution in [2.24, 2.45) is 0 Å². The van der Waals surface area contributed by atoms with Crippen molar-refractivity contribution in [3.63, 3.8) is 0 Å². The summed E-state index contributed by atoms with van der Waals surface area (Å²) in [6.07, 6.45) is 2.25. The standard InChI is InChI=1S/C14H18O2/c1-5-7-16-14-11(4)8-10(3)9-12(14)13(15)6-2/h6,8-9H,2,5,7H2,1,3-4H3. The van der Waals surface area contributed by atoms with Gasteiger partial charge in [0.15, 0.2) is 5.78 Å². The van der Waals surface area contributed by atoms with Crippen LogP contribution in [0.25, 0.3) is 0 Å². The molecule has 0 N–H and O–H groups in total. The smallest absolute Gasteiger partial charge is 0.188 e. The van der Waals surface area contributed by atoms with Crippen molar-refractivity contribution in [3.05, 3.63) is 41.5 Å². The highest BCUT2D eigenvalue weighted by Crippen LogP contribution is 2.26. The van der Waals surface area contributed by atoms with E-state index in [1.54, 1.807) is 0 Å². The first-order chi connectivity index (χ1) is 7.60. The monoisotopic (exact) mass is 218 g/mol. The molecule has 86 valence electrons. The average molecular weight is 218 g/mol. The van der Waals surface area contributed by atoms with Crippen molar-refractivity contribution in [1.82, 2.24) is 0 Å². The van der Waals surface area contributed by atoms with Crippen LogP contribution in [0.2, 0.25) is 0 Å². The van der Waals surface area contributed by atoms with Crippen LogP contribution in [0.1, 0.15) is 34.8 Å². The van der Waals surface area contributed by atoms with Gasteiger partial charge >= 0.3 is 0 Å². The summed E-state index contributed by atoms with van der Waals surface area (Å²) in [5, 5.41) is 0. The first kappa shape index (κ1) is 12.5. The maximum atomic E-state index is 11.7. The summed E-state index contributed by atoms with van der Waals surface area (Å²) < 4.78 is 5.63. The minimum absolute atomic E-state index is 0.0853. The lowest BCUT2D eigenvalue weighted by molar-refractivity contribution is 0.104. The molecule has 0 saturated heterocycles. The number of hydrogen-bond acceptors (Lipinski definition) is 2. The van der Waals surface area contributed by atoms with Gasteiger partial charge in [-0.3, -0.25) is 4.79 Å². The minimum Gasteiger partial charge on any atom is -0.493 e. The van der Waals surface area contributed by atoms with E-state index in [9.17, 15) is 4.79 Å². The Labute approximate surface area is 96.9 Å². The van der Waals surface area contributed by atoms with Crippen molar-refractivity contribution < 1.29 is 9.53 Å². The average Bonchev–Trinajstić information content (AvgIpc) is 2.26. The van der Waals surface area contributed by atoms with E-state index >= 15 is 0 Å². The molecule has 0 aliphatic rings. The summed E-state index contributed by atoms with van der Waals surface area (Å²) in [6, 6.07) is 3.87. The normalized spacial score (nSPS) is 9.94. The minimum atomic E-state index is -0.0853. The fourth-order valence-electron chi connectivity index (χ4n) is 1.64. The molecular formula is C14H18O2. The molecule has 0 aliphatic carbocycles. The Balaban J connectivity index is 3.20. The van der Waals surface area contributed by atoms with Gasteiger partial charge in [0.1, 0.15) is 5.75 Å². The number of ketones is 1. The quantitative estimate of drug-likeness (QED) is 0.559. The van der Waals surface area contributed by atoms with Crippen molar-refractivity contribution >= 4 is 5.78 Å². The molecule has 2 nitrogen and oxygen atoms in total. The van der Waals surface area contributed by atoms with Crippen LogP contribution in [0.15, 0.2) is 24.8 Å². The van der Waals surface area contributed by atoms with Gasteiger partial charge in [0.05, 0.1) is 12.2 Å². The molecule has 0 unspecified atom stereocenters. The molecule has 0 heterocycles. The number of carbonyl (C=O) groups excluding carboxylic acids is 1. The third-order valence-corrected chi connectivity index (χ3v) is 2.32. The molecule has 2 heteroatoms. The highest BCUT2D eigenvalue weighted by molar-refractivity contribution is 6.06. The number of carbonyl (C=O) groups is 1. The molecule has 0 aromatic heterocycles. The summed E-state index contributed by atoms with van der Waals surface area (Å²) in [5.41, 5.74) is 2.67. The van der Waals surface area contributed by atoms with Crippen LogP contribution < -0.4 is 4.74 Å². The van der Waals surface area contributed by atoms with E-state index in [1.165, 1.54) is 6.08 Å². The van der Waals surface area contributed by atoms with Crippen LogP contribution in [0, 0.1) is 13.8 Å². The van der Waals surface area contributed by atoms with E-state index < -0.39 is 0 Å². The molecular weight excluding hydrogens is 200 g/mol. The number of hydrogen-bond donors (Lipinski definition) is 0. The Morgan fingerprint density at radius 1 is 1.44 bits per heavy atom. The molecule has 0 spiro atoms. The summed E-state index contributed by atoms with van der Waals surface area (Å²) in [5.74, 6) is 0.607. The predicted molar refractivity (Wildman–Crippen MR) is 66.2 cm³/mol. The zero-order valence-corrected chi connectivity index (χ0v) is 10.2. The van der Waals surface area contributed by atoms with E-state index in [4.69, 9.17) is 4.74 Å². The summed E-state index contributed by atoms with van der Waals surface area (Å²) >= 11 is 0. The number of rotatable bonds is 5. The van der Waals surface area contributed by atoms with Gasteiger partial charge < -0.3 is 4.74 Å². The van der Waals surface area contributed by atoms with Crippen LogP contribution in [-0.4, -0.2) is 12.4 Å². The molecule has 0 saturated carbocycles. The van der Waals surface area contributed by atoms with Crippen molar-refractivity contribution in [2.75, 3.05) is 6.61 Å². The Morgan fingerprint density at radius 3 is 2.69 bits per heavy atom. The number of ether oxygens (including phenoxy) is 1. The third-order valence-electron chi connectivity index (χ3n) is 2.32. The molecule has 0 radical (unpaired) electrons. The Bertz CT molecular complexity index is 405. The van der Waals surface area contributed by atoms with E-state index in [2.05, 4.69) is 6.58 Å². The van der Waals surface area contributed by atoms with Crippen molar-refractivity contribution in [1.29, 1.82) is 0 Å². The fraction of sp³-hybridized carbons (Fsp3) is 0.357. The topological polar surface area (TPSA) is 26.3 Å². The summed E-state index contributed by atoms with van der Waals surface area (Å²) in [7, 11) is 0. The van der Waals surface area contributed by atoms with Crippen LogP contribution in [0.3, 0.4) is 0 Å². The second-order valence-corrected chi connectivity index (χ2v) is 3.88. The largest absolute Gasteiger partial charge is 0.493 e. The molecule has 1 aromatic carbocycles. The highest BCUT2D eigenvalue weighted by Gasteiger charge is 2.13. The Morgan fingerprint density at radius 2 is 2.12 bits per heavy atom. The van der Waals surface area contributed by atoms with E-state index in [1.807, 2.05) is 32.9 Å². The second kappa shape index (κ2) is 5.50. The first-order valence-corrected chi connectivity index (χ1v) is 5.51. The number of aryl methyl sites for hydroxylation is 2. The van der Waals surface area contributed by atoms with Crippen molar-refractivity contribution in [3.8, 4) is 5.75 Å². The molecule has 16 heavy (non-hydrogen) atoms. The maximum Gasteiger partial charge on any atom is 0.188 e. The molecule has 0 atom stereocenters. The summed E-state index contributed by atoms with van der Waals surface area (Å²) in [4.78, 5) is 11.7. The van der Waals surface area contributed by atoms with Crippen molar-refractivity contribution in [2.45, 2.75) is 27.2 Å². The van der Waals surface area contributed by atoms with E-state index in [-0.39, 0.29) is 5.78 Å². The van der Waals surface area contributed by atoms with Crippen LogP contribution in [0.5, 0.6) is 5.75 Å².